The number of carboxylic acids is 1. The van der Waals surface area contributed by atoms with Crippen molar-refractivity contribution < 1.29 is 23.1 Å². The first-order valence-corrected chi connectivity index (χ1v) is 8.13. The SMILES string of the molecule is O=C(O)c1ccc(Cn2c(CC(F)(F)F)nc3cc(Cl)c(Cl)cc32)cc1. The van der Waals surface area contributed by atoms with Gasteiger partial charge in [0.2, 0.25) is 0 Å². The zero-order valence-corrected chi connectivity index (χ0v) is 14.5. The number of halogens is 5. The van der Waals surface area contributed by atoms with Crippen LogP contribution < -0.4 is 0 Å². The number of nitrogens with zero attached hydrogens (tertiary/aromatic N) is 2. The van der Waals surface area contributed by atoms with Crippen LogP contribution in [0.25, 0.3) is 11.0 Å². The number of benzene rings is 2. The number of alkyl halides is 3. The van der Waals surface area contributed by atoms with Crippen LogP contribution >= 0.6 is 23.2 Å². The minimum atomic E-state index is -4.43. The molecule has 0 unspecified atom stereocenters. The predicted molar refractivity (Wildman–Crippen MR) is 92.0 cm³/mol. The molecule has 0 radical (unpaired) electrons. The van der Waals surface area contributed by atoms with E-state index in [-0.39, 0.29) is 28.0 Å². The molecule has 3 rings (SSSR count). The summed E-state index contributed by atoms with van der Waals surface area (Å²) in [6.45, 7) is 0.0831. The van der Waals surface area contributed by atoms with Crippen molar-refractivity contribution in [3.8, 4) is 0 Å². The highest BCUT2D eigenvalue weighted by Gasteiger charge is 2.31. The zero-order chi connectivity index (χ0) is 19.1. The maximum Gasteiger partial charge on any atom is 0.396 e. The average Bonchev–Trinajstić information content (AvgIpc) is 2.83. The van der Waals surface area contributed by atoms with Crippen molar-refractivity contribution in [3.63, 3.8) is 0 Å². The van der Waals surface area contributed by atoms with E-state index in [2.05, 4.69) is 4.98 Å². The fourth-order valence-corrected chi connectivity index (χ4v) is 2.91. The molecule has 2 aromatic carbocycles. The summed E-state index contributed by atoms with van der Waals surface area (Å²) in [5.74, 6) is -1.25. The summed E-state index contributed by atoms with van der Waals surface area (Å²) in [4.78, 5) is 15.0. The Morgan fingerprint density at radius 1 is 1.12 bits per heavy atom. The van der Waals surface area contributed by atoms with Crippen LogP contribution in [0.2, 0.25) is 10.0 Å². The first-order chi connectivity index (χ1) is 12.1. The molecule has 136 valence electrons. The zero-order valence-electron chi connectivity index (χ0n) is 13.0. The number of rotatable bonds is 4. The van der Waals surface area contributed by atoms with Crippen molar-refractivity contribution in [2.75, 3.05) is 0 Å². The van der Waals surface area contributed by atoms with Gasteiger partial charge in [-0.1, -0.05) is 35.3 Å². The Kier molecular flexibility index (Phi) is 4.86. The minimum absolute atomic E-state index is 0.0831. The summed E-state index contributed by atoms with van der Waals surface area (Å²) >= 11 is 11.9. The standard InChI is InChI=1S/C17H11Cl2F3N2O2/c18-11-5-13-14(6-12(11)19)24(15(23-13)7-17(20,21)22)8-9-1-3-10(4-2-9)16(25)26/h1-6H,7-8H2,(H,25,26). The first kappa shape index (κ1) is 18.5. The monoisotopic (exact) mass is 402 g/mol. The molecule has 0 spiro atoms. The van der Waals surface area contributed by atoms with E-state index in [0.717, 1.165) is 0 Å². The third kappa shape index (κ3) is 3.94. The largest absolute Gasteiger partial charge is 0.478 e. The van der Waals surface area contributed by atoms with Crippen LogP contribution in [0.1, 0.15) is 21.7 Å². The van der Waals surface area contributed by atoms with Crippen LogP contribution in [0.15, 0.2) is 36.4 Å². The van der Waals surface area contributed by atoms with Gasteiger partial charge in [0.25, 0.3) is 0 Å². The van der Waals surface area contributed by atoms with Gasteiger partial charge in [-0.3, -0.25) is 0 Å². The fourth-order valence-electron chi connectivity index (χ4n) is 2.60. The second-order valence-electron chi connectivity index (χ2n) is 5.66. The van der Waals surface area contributed by atoms with E-state index in [9.17, 15) is 18.0 Å². The number of aromatic nitrogens is 2. The molecule has 0 aliphatic carbocycles. The van der Waals surface area contributed by atoms with E-state index < -0.39 is 18.6 Å². The van der Waals surface area contributed by atoms with Crippen LogP contribution in [0.5, 0.6) is 0 Å². The Hall–Kier alpha value is -2.25. The lowest BCUT2D eigenvalue weighted by molar-refractivity contribution is -0.128. The van der Waals surface area contributed by atoms with Gasteiger partial charge in [-0.05, 0) is 29.8 Å². The topological polar surface area (TPSA) is 55.1 Å². The van der Waals surface area contributed by atoms with Crippen LogP contribution in [0.3, 0.4) is 0 Å². The normalized spacial score (nSPS) is 11.9. The molecular formula is C17H11Cl2F3N2O2. The average molecular weight is 403 g/mol. The summed E-state index contributed by atoms with van der Waals surface area (Å²) in [5, 5.41) is 9.35. The van der Waals surface area contributed by atoms with Crippen molar-refractivity contribution in [1.29, 1.82) is 0 Å². The Labute approximate surface area is 155 Å². The highest BCUT2D eigenvalue weighted by Crippen LogP contribution is 2.31. The number of carbonyl (C=O) groups is 1. The highest BCUT2D eigenvalue weighted by atomic mass is 35.5. The smallest absolute Gasteiger partial charge is 0.396 e. The molecule has 1 aromatic heterocycles. The first-order valence-electron chi connectivity index (χ1n) is 7.37. The van der Waals surface area contributed by atoms with Gasteiger partial charge >= 0.3 is 12.1 Å². The van der Waals surface area contributed by atoms with Gasteiger partial charge in [0, 0.05) is 6.54 Å². The minimum Gasteiger partial charge on any atom is -0.478 e. The van der Waals surface area contributed by atoms with Gasteiger partial charge in [-0.2, -0.15) is 13.2 Å². The molecule has 0 saturated heterocycles. The molecule has 0 atom stereocenters. The summed E-state index contributed by atoms with van der Waals surface area (Å²) < 4.78 is 40.2. The summed E-state index contributed by atoms with van der Waals surface area (Å²) in [5.41, 5.74) is 1.44. The summed E-state index contributed by atoms with van der Waals surface area (Å²) in [6, 6.07) is 8.77. The lowest BCUT2D eigenvalue weighted by atomic mass is 10.1. The second-order valence-corrected chi connectivity index (χ2v) is 6.48. The molecule has 0 aliphatic rings. The lowest BCUT2D eigenvalue weighted by Gasteiger charge is -2.11. The van der Waals surface area contributed by atoms with E-state index in [0.29, 0.717) is 16.6 Å². The molecule has 3 aromatic rings. The number of carboxylic acid groups (broad SMARTS) is 1. The molecule has 1 heterocycles. The van der Waals surface area contributed by atoms with Crippen LogP contribution in [0, 0.1) is 0 Å². The molecule has 0 saturated carbocycles. The lowest BCUT2D eigenvalue weighted by Crippen LogP contribution is -2.16. The van der Waals surface area contributed by atoms with Gasteiger partial charge in [0.05, 0.1) is 26.6 Å². The Bertz CT molecular complexity index is 982. The quantitative estimate of drug-likeness (QED) is 0.652. The Balaban J connectivity index is 2.07. The Morgan fingerprint density at radius 3 is 2.31 bits per heavy atom. The number of imidazole rings is 1. The number of hydrogen-bond donors (Lipinski definition) is 1. The molecule has 0 aliphatic heterocycles. The van der Waals surface area contributed by atoms with Gasteiger partial charge in [0.15, 0.2) is 0 Å². The van der Waals surface area contributed by atoms with E-state index in [1.54, 1.807) is 12.1 Å². The third-order valence-electron chi connectivity index (χ3n) is 3.77. The van der Waals surface area contributed by atoms with E-state index in [1.807, 2.05) is 0 Å². The fraction of sp³-hybridized carbons (Fsp3) is 0.176. The van der Waals surface area contributed by atoms with Crippen molar-refractivity contribution in [1.82, 2.24) is 9.55 Å². The van der Waals surface area contributed by atoms with Crippen molar-refractivity contribution in [3.05, 3.63) is 63.4 Å². The molecule has 1 N–H and O–H groups in total. The number of fused-ring (bicyclic) bond motifs is 1. The van der Waals surface area contributed by atoms with Crippen LogP contribution in [0.4, 0.5) is 13.2 Å². The van der Waals surface area contributed by atoms with Gasteiger partial charge < -0.3 is 9.67 Å². The van der Waals surface area contributed by atoms with Crippen LogP contribution in [-0.2, 0) is 13.0 Å². The molecule has 0 fully saturated rings. The van der Waals surface area contributed by atoms with Crippen LogP contribution in [-0.4, -0.2) is 26.8 Å². The predicted octanol–water partition coefficient (Wildman–Crippen LogP) is 5.19. The van der Waals surface area contributed by atoms with Gasteiger partial charge in [-0.15, -0.1) is 0 Å². The van der Waals surface area contributed by atoms with Crippen molar-refractivity contribution >= 4 is 40.2 Å². The van der Waals surface area contributed by atoms with E-state index in [1.165, 1.54) is 28.8 Å². The molecule has 0 bridgehead atoms. The molecular weight excluding hydrogens is 392 g/mol. The highest BCUT2D eigenvalue weighted by molar-refractivity contribution is 6.42. The van der Waals surface area contributed by atoms with Gasteiger partial charge in [-0.25, -0.2) is 9.78 Å². The maximum absolute atomic E-state index is 12.9. The summed E-state index contributed by atoms with van der Waals surface area (Å²) in [6.07, 6.45) is -5.63. The van der Waals surface area contributed by atoms with Crippen molar-refractivity contribution in [2.45, 2.75) is 19.1 Å². The molecule has 26 heavy (non-hydrogen) atoms. The number of aromatic carboxylic acids is 1. The van der Waals surface area contributed by atoms with Gasteiger partial charge in [0.1, 0.15) is 12.2 Å². The molecule has 9 heteroatoms. The Morgan fingerprint density at radius 2 is 1.73 bits per heavy atom. The molecule has 0 amide bonds. The number of hydrogen-bond acceptors (Lipinski definition) is 2. The summed E-state index contributed by atoms with van der Waals surface area (Å²) in [7, 11) is 0. The maximum atomic E-state index is 12.9. The second kappa shape index (κ2) is 6.81. The third-order valence-corrected chi connectivity index (χ3v) is 4.49. The molecule has 4 nitrogen and oxygen atoms in total. The van der Waals surface area contributed by atoms with Crippen molar-refractivity contribution in [2.24, 2.45) is 0 Å². The van der Waals surface area contributed by atoms with E-state index in [4.69, 9.17) is 28.3 Å². The van der Waals surface area contributed by atoms with E-state index >= 15 is 0 Å².